The van der Waals surface area contributed by atoms with E-state index in [9.17, 15) is 0 Å². The summed E-state index contributed by atoms with van der Waals surface area (Å²) in [6, 6.07) is 21.5. The van der Waals surface area contributed by atoms with Crippen LogP contribution in [0.4, 0.5) is 0 Å². The molecular formula is C19H20N2. The monoisotopic (exact) mass is 276 g/mol. The van der Waals surface area contributed by atoms with Gasteiger partial charge in [-0.2, -0.15) is 0 Å². The molecular weight excluding hydrogens is 256 g/mol. The minimum absolute atomic E-state index is 0.345. The van der Waals surface area contributed by atoms with Crippen LogP contribution in [0.1, 0.15) is 29.8 Å². The second-order valence-electron chi connectivity index (χ2n) is 5.49. The average Bonchev–Trinajstić information content (AvgIpc) is 2.53. The Balaban J connectivity index is 1.72. The first-order chi connectivity index (χ1) is 10.2. The number of fused-ring (bicyclic) bond motifs is 1. The molecule has 1 aromatic heterocycles. The lowest BCUT2D eigenvalue weighted by Gasteiger charge is -2.14. The van der Waals surface area contributed by atoms with Gasteiger partial charge in [-0.1, -0.05) is 42.5 Å². The Morgan fingerprint density at radius 3 is 2.62 bits per heavy atom. The molecule has 1 N–H and O–H groups in total. The van der Waals surface area contributed by atoms with Gasteiger partial charge in [0.25, 0.3) is 0 Å². The first kappa shape index (κ1) is 13.8. The summed E-state index contributed by atoms with van der Waals surface area (Å²) in [5.41, 5.74) is 4.73. The van der Waals surface area contributed by atoms with Crippen LogP contribution in [0.2, 0.25) is 0 Å². The molecule has 0 amide bonds. The average molecular weight is 276 g/mol. The van der Waals surface area contributed by atoms with E-state index in [1.807, 2.05) is 6.92 Å². The van der Waals surface area contributed by atoms with E-state index in [1.54, 1.807) is 0 Å². The summed E-state index contributed by atoms with van der Waals surface area (Å²) < 4.78 is 0. The Bertz CT molecular complexity index is 735. The highest BCUT2D eigenvalue weighted by atomic mass is 14.9. The summed E-state index contributed by atoms with van der Waals surface area (Å²) in [6.45, 7) is 5.08. The maximum atomic E-state index is 4.54. The van der Waals surface area contributed by atoms with Crippen molar-refractivity contribution < 1.29 is 0 Å². The minimum Gasteiger partial charge on any atom is -0.306 e. The van der Waals surface area contributed by atoms with E-state index in [2.05, 4.69) is 77.9 Å². The van der Waals surface area contributed by atoms with Crippen molar-refractivity contribution in [2.75, 3.05) is 0 Å². The Morgan fingerprint density at radius 2 is 1.81 bits per heavy atom. The topological polar surface area (TPSA) is 24.9 Å². The molecule has 0 saturated carbocycles. The highest BCUT2D eigenvalue weighted by molar-refractivity contribution is 5.79. The summed E-state index contributed by atoms with van der Waals surface area (Å²) in [5, 5.41) is 4.77. The number of nitrogens with one attached hydrogen (secondary N) is 1. The number of aryl methyl sites for hydroxylation is 1. The molecule has 1 unspecified atom stereocenters. The number of hydrogen-bond donors (Lipinski definition) is 1. The highest BCUT2D eigenvalue weighted by Crippen LogP contribution is 2.16. The molecule has 106 valence electrons. The third-order valence-electron chi connectivity index (χ3n) is 3.80. The molecule has 0 saturated heterocycles. The first-order valence-corrected chi connectivity index (χ1v) is 7.37. The van der Waals surface area contributed by atoms with Crippen molar-refractivity contribution in [1.82, 2.24) is 10.3 Å². The zero-order valence-corrected chi connectivity index (χ0v) is 12.5. The second-order valence-corrected chi connectivity index (χ2v) is 5.49. The van der Waals surface area contributed by atoms with Crippen LogP contribution in [0, 0.1) is 6.92 Å². The molecule has 0 spiro atoms. The number of pyridine rings is 1. The number of nitrogens with zero attached hydrogens (tertiary/aromatic N) is 1. The van der Waals surface area contributed by atoms with Gasteiger partial charge in [0.1, 0.15) is 0 Å². The standard InChI is InChI=1S/C19H20N2/c1-14-8-10-18-12-16(9-11-19(18)21-14)13-20-15(2)17-6-4-3-5-7-17/h3-12,15,20H,13H2,1-2H3. The van der Waals surface area contributed by atoms with Crippen molar-refractivity contribution >= 4 is 10.9 Å². The summed E-state index contributed by atoms with van der Waals surface area (Å²) in [4.78, 5) is 4.54. The van der Waals surface area contributed by atoms with Crippen molar-refractivity contribution in [2.45, 2.75) is 26.4 Å². The molecule has 2 nitrogen and oxygen atoms in total. The number of aromatic nitrogens is 1. The molecule has 2 heteroatoms. The van der Waals surface area contributed by atoms with Crippen molar-refractivity contribution in [2.24, 2.45) is 0 Å². The fraction of sp³-hybridized carbons (Fsp3) is 0.211. The molecule has 1 atom stereocenters. The lowest BCUT2D eigenvalue weighted by atomic mass is 10.1. The fourth-order valence-electron chi connectivity index (χ4n) is 2.52. The summed E-state index contributed by atoms with van der Waals surface area (Å²) in [6.07, 6.45) is 0. The quantitative estimate of drug-likeness (QED) is 0.764. The van der Waals surface area contributed by atoms with Gasteiger partial charge in [-0.05, 0) is 43.2 Å². The summed E-state index contributed by atoms with van der Waals surface area (Å²) in [7, 11) is 0. The molecule has 0 radical (unpaired) electrons. The van der Waals surface area contributed by atoms with Gasteiger partial charge in [-0.3, -0.25) is 4.98 Å². The fourth-order valence-corrected chi connectivity index (χ4v) is 2.52. The van der Waals surface area contributed by atoms with Gasteiger partial charge in [0.15, 0.2) is 0 Å². The van der Waals surface area contributed by atoms with E-state index in [0.29, 0.717) is 6.04 Å². The van der Waals surface area contributed by atoms with Gasteiger partial charge in [0, 0.05) is 23.7 Å². The van der Waals surface area contributed by atoms with Crippen LogP contribution in [0.25, 0.3) is 10.9 Å². The zero-order chi connectivity index (χ0) is 14.7. The Hall–Kier alpha value is -2.19. The van der Waals surface area contributed by atoms with Crippen molar-refractivity contribution in [3.8, 4) is 0 Å². The molecule has 0 aliphatic heterocycles. The zero-order valence-electron chi connectivity index (χ0n) is 12.5. The molecule has 3 rings (SSSR count). The molecule has 1 heterocycles. The molecule has 0 fully saturated rings. The smallest absolute Gasteiger partial charge is 0.0705 e. The minimum atomic E-state index is 0.345. The molecule has 0 bridgehead atoms. The van der Waals surface area contributed by atoms with Crippen LogP contribution in [-0.2, 0) is 6.54 Å². The van der Waals surface area contributed by atoms with Crippen LogP contribution in [0.15, 0.2) is 60.7 Å². The van der Waals surface area contributed by atoms with Crippen molar-refractivity contribution in [1.29, 1.82) is 0 Å². The lowest BCUT2D eigenvalue weighted by molar-refractivity contribution is 0.575. The van der Waals surface area contributed by atoms with Crippen LogP contribution >= 0.6 is 0 Å². The molecule has 0 aliphatic carbocycles. The maximum Gasteiger partial charge on any atom is 0.0705 e. The molecule has 2 aromatic carbocycles. The van der Waals surface area contributed by atoms with Crippen LogP contribution in [0.5, 0.6) is 0 Å². The normalized spacial score (nSPS) is 12.5. The summed E-state index contributed by atoms with van der Waals surface area (Å²) in [5.74, 6) is 0. The van der Waals surface area contributed by atoms with Gasteiger partial charge in [0.05, 0.1) is 5.52 Å². The van der Waals surface area contributed by atoms with Gasteiger partial charge >= 0.3 is 0 Å². The van der Waals surface area contributed by atoms with Crippen molar-refractivity contribution in [3.63, 3.8) is 0 Å². The third-order valence-corrected chi connectivity index (χ3v) is 3.80. The Kier molecular flexibility index (Phi) is 3.98. The van der Waals surface area contributed by atoms with Gasteiger partial charge < -0.3 is 5.32 Å². The second kappa shape index (κ2) is 6.06. The van der Waals surface area contributed by atoms with E-state index < -0.39 is 0 Å². The van der Waals surface area contributed by atoms with E-state index in [0.717, 1.165) is 17.8 Å². The van der Waals surface area contributed by atoms with E-state index >= 15 is 0 Å². The van der Waals surface area contributed by atoms with E-state index in [1.165, 1.54) is 16.5 Å². The number of benzene rings is 2. The maximum absolute atomic E-state index is 4.54. The van der Waals surface area contributed by atoms with Crippen molar-refractivity contribution in [3.05, 3.63) is 77.5 Å². The Morgan fingerprint density at radius 1 is 1.00 bits per heavy atom. The molecule has 21 heavy (non-hydrogen) atoms. The van der Waals surface area contributed by atoms with E-state index in [-0.39, 0.29) is 0 Å². The largest absolute Gasteiger partial charge is 0.306 e. The van der Waals surface area contributed by atoms with Gasteiger partial charge in [-0.15, -0.1) is 0 Å². The SMILES string of the molecule is Cc1ccc2cc(CNC(C)c3ccccc3)ccc2n1. The summed E-state index contributed by atoms with van der Waals surface area (Å²) >= 11 is 0. The number of rotatable bonds is 4. The third kappa shape index (κ3) is 3.29. The molecule has 3 aromatic rings. The Labute approximate surface area is 125 Å². The molecule has 0 aliphatic rings. The number of hydrogen-bond acceptors (Lipinski definition) is 2. The van der Waals surface area contributed by atoms with Crippen LogP contribution in [-0.4, -0.2) is 4.98 Å². The van der Waals surface area contributed by atoms with Crippen LogP contribution in [0.3, 0.4) is 0 Å². The predicted octanol–water partition coefficient (Wildman–Crippen LogP) is 4.39. The first-order valence-electron chi connectivity index (χ1n) is 7.37. The van der Waals surface area contributed by atoms with Gasteiger partial charge in [-0.25, -0.2) is 0 Å². The van der Waals surface area contributed by atoms with Gasteiger partial charge in [0.2, 0.25) is 0 Å². The lowest BCUT2D eigenvalue weighted by Crippen LogP contribution is -2.17. The predicted molar refractivity (Wildman–Crippen MR) is 88.2 cm³/mol. The van der Waals surface area contributed by atoms with Crippen LogP contribution < -0.4 is 5.32 Å². The van der Waals surface area contributed by atoms with E-state index in [4.69, 9.17) is 0 Å². The highest BCUT2D eigenvalue weighted by Gasteiger charge is 2.04.